The van der Waals surface area contributed by atoms with Crippen molar-refractivity contribution < 1.29 is 19.4 Å². The zero-order valence-corrected chi connectivity index (χ0v) is 13.5. The molecule has 1 aromatic rings. The molecule has 2 unspecified atom stereocenters. The van der Waals surface area contributed by atoms with Crippen LogP contribution in [0.15, 0.2) is 6.07 Å². The van der Waals surface area contributed by atoms with E-state index >= 15 is 0 Å². The molecule has 1 aromatic heterocycles. The summed E-state index contributed by atoms with van der Waals surface area (Å²) in [5, 5.41) is 14.3. The number of rotatable bonds is 7. The van der Waals surface area contributed by atoms with Crippen LogP contribution in [0.5, 0.6) is 0 Å². The summed E-state index contributed by atoms with van der Waals surface area (Å²) in [4.78, 5) is 25.3. The Labute approximate surface area is 128 Å². The normalized spacial score (nSPS) is 13.5. The number of nitrogens with one attached hydrogen (secondary N) is 2. The number of urea groups is 1. The SMILES string of the molecule is COCCC(NC(=O)NC(C)c1cc(C)sc1C)C(=O)O. The Morgan fingerprint density at radius 2 is 2.05 bits per heavy atom. The topological polar surface area (TPSA) is 87.7 Å². The van der Waals surface area contributed by atoms with E-state index in [0.29, 0.717) is 0 Å². The fourth-order valence-corrected chi connectivity index (χ4v) is 3.07. The second-order valence-electron chi connectivity index (χ2n) is 4.88. The van der Waals surface area contributed by atoms with Gasteiger partial charge in [0.25, 0.3) is 0 Å². The third-order valence-corrected chi connectivity index (χ3v) is 4.09. The molecule has 0 aromatic carbocycles. The summed E-state index contributed by atoms with van der Waals surface area (Å²) in [5.41, 5.74) is 1.05. The van der Waals surface area contributed by atoms with Crippen LogP contribution < -0.4 is 10.6 Å². The smallest absolute Gasteiger partial charge is 0.326 e. The minimum absolute atomic E-state index is 0.174. The highest BCUT2D eigenvalue weighted by Crippen LogP contribution is 2.25. The Bertz CT molecular complexity index is 501. The maximum Gasteiger partial charge on any atom is 0.326 e. The van der Waals surface area contributed by atoms with E-state index in [1.807, 2.05) is 26.8 Å². The predicted molar refractivity (Wildman–Crippen MR) is 81.8 cm³/mol. The fourth-order valence-electron chi connectivity index (χ4n) is 2.05. The van der Waals surface area contributed by atoms with E-state index in [1.54, 1.807) is 11.3 Å². The molecule has 2 amide bonds. The van der Waals surface area contributed by atoms with Crippen LogP contribution in [0.1, 0.15) is 34.7 Å². The third kappa shape index (κ3) is 5.35. The van der Waals surface area contributed by atoms with Crippen LogP contribution in [0, 0.1) is 13.8 Å². The van der Waals surface area contributed by atoms with Crippen LogP contribution in [0.4, 0.5) is 4.79 Å². The van der Waals surface area contributed by atoms with E-state index in [9.17, 15) is 9.59 Å². The maximum absolute atomic E-state index is 11.9. The van der Waals surface area contributed by atoms with Gasteiger partial charge >= 0.3 is 12.0 Å². The van der Waals surface area contributed by atoms with Gasteiger partial charge in [-0.3, -0.25) is 0 Å². The molecule has 0 fully saturated rings. The number of hydrogen-bond acceptors (Lipinski definition) is 4. The van der Waals surface area contributed by atoms with E-state index in [-0.39, 0.29) is 19.1 Å². The molecule has 21 heavy (non-hydrogen) atoms. The lowest BCUT2D eigenvalue weighted by atomic mass is 10.1. The molecule has 0 saturated carbocycles. The van der Waals surface area contributed by atoms with Crippen LogP contribution in [-0.4, -0.2) is 36.9 Å². The molecule has 0 aliphatic heterocycles. The molecule has 7 heteroatoms. The van der Waals surface area contributed by atoms with E-state index in [1.165, 1.54) is 12.0 Å². The van der Waals surface area contributed by atoms with Crippen molar-refractivity contribution in [2.24, 2.45) is 0 Å². The summed E-state index contributed by atoms with van der Waals surface area (Å²) in [6.07, 6.45) is 0.226. The first-order valence-electron chi connectivity index (χ1n) is 6.70. The van der Waals surface area contributed by atoms with Crippen LogP contribution in [0.3, 0.4) is 0 Å². The molecule has 6 nitrogen and oxygen atoms in total. The van der Waals surface area contributed by atoms with Crippen molar-refractivity contribution in [3.05, 3.63) is 21.4 Å². The summed E-state index contributed by atoms with van der Waals surface area (Å²) >= 11 is 1.67. The average Bonchev–Trinajstić information content (AvgIpc) is 2.73. The van der Waals surface area contributed by atoms with Crippen LogP contribution >= 0.6 is 11.3 Å². The first-order valence-corrected chi connectivity index (χ1v) is 7.52. The van der Waals surface area contributed by atoms with Gasteiger partial charge in [0.2, 0.25) is 0 Å². The predicted octanol–water partition coefficient (Wildman–Crippen LogP) is 2.21. The number of carbonyl (C=O) groups excluding carboxylic acids is 1. The van der Waals surface area contributed by atoms with E-state index < -0.39 is 18.0 Å². The number of carboxylic acid groups (broad SMARTS) is 1. The number of ether oxygens (including phenoxy) is 1. The lowest BCUT2D eigenvalue weighted by Crippen LogP contribution is -2.47. The molecule has 0 aliphatic rings. The monoisotopic (exact) mass is 314 g/mol. The third-order valence-electron chi connectivity index (χ3n) is 3.11. The van der Waals surface area contributed by atoms with Crippen molar-refractivity contribution in [2.75, 3.05) is 13.7 Å². The highest BCUT2D eigenvalue weighted by Gasteiger charge is 2.21. The quantitative estimate of drug-likeness (QED) is 0.720. The molecule has 0 radical (unpaired) electrons. The summed E-state index contributed by atoms with van der Waals surface area (Å²) in [6, 6.07) is 0.411. The van der Waals surface area contributed by atoms with Gasteiger partial charge in [-0.25, -0.2) is 9.59 Å². The lowest BCUT2D eigenvalue weighted by Gasteiger charge is -2.18. The van der Waals surface area contributed by atoms with Gasteiger partial charge in [-0.15, -0.1) is 11.3 Å². The van der Waals surface area contributed by atoms with Crippen LogP contribution in [0.2, 0.25) is 0 Å². The second kappa shape index (κ2) is 7.99. The Morgan fingerprint density at radius 1 is 1.38 bits per heavy atom. The molecular formula is C14H22N2O4S. The Hall–Kier alpha value is -1.60. The number of aryl methyl sites for hydroxylation is 2. The zero-order chi connectivity index (χ0) is 16.0. The van der Waals surface area contributed by atoms with Crippen molar-refractivity contribution in [3.63, 3.8) is 0 Å². The zero-order valence-electron chi connectivity index (χ0n) is 12.7. The number of amides is 2. The molecule has 1 rings (SSSR count). The minimum atomic E-state index is -1.07. The minimum Gasteiger partial charge on any atom is -0.480 e. The Kier molecular flexibility index (Phi) is 6.64. The molecule has 3 N–H and O–H groups in total. The summed E-state index contributed by atoms with van der Waals surface area (Å²) in [5.74, 6) is -1.07. The maximum atomic E-state index is 11.9. The Morgan fingerprint density at radius 3 is 2.52 bits per heavy atom. The summed E-state index contributed by atoms with van der Waals surface area (Å²) < 4.78 is 4.84. The van der Waals surface area contributed by atoms with Gasteiger partial charge in [-0.05, 0) is 32.4 Å². The molecule has 0 bridgehead atoms. The highest BCUT2D eigenvalue weighted by atomic mass is 32.1. The van der Waals surface area contributed by atoms with Gasteiger partial charge in [0.05, 0.1) is 6.04 Å². The van der Waals surface area contributed by atoms with Gasteiger partial charge in [-0.1, -0.05) is 0 Å². The second-order valence-corrected chi connectivity index (χ2v) is 6.34. The summed E-state index contributed by atoms with van der Waals surface area (Å²) in [6.45, 7) is 6.16. The molecule has 1 heterocycles. The van der Waals surface area contributed by atoms with Crippen molar-refractivity contribution >= 4 is 23.3 Å². The molecule has 118 valence electrons. The Balaban J connectivity index is 2.59. The number of methoxy groups -OCH3 is 1. The van der Waals surface area contributed by atoms with Crippen molar-refractivity contribution in [2.45, 2.75) is 39.3 Å². The molecular weight excluding hydrogens is 292 g/mol. The largest absolute Gasteiger partial charge is 0.480 e. The van der Waals surface area contributed by atoms with Crippen LogP contribution in [0.25, 0.3) is 0 Å². The van der Waals surface area contributed by atoms with Gasteiger partial charge in [-0.2, -0.15) is 0 Å². The van der Waals surface area contributed by atoms with Crippen molar-refractivity contribution in [3.8, 4) is 0 Å². The van der Waals surface area contributed by atoms with Crippen molar-refractivity contribution in [1.82, 2.24) is 10.6 Å². The number of thiophene rings is 1. The number of carboxylic acids is 1. The van der Waals surface area contributed by atoms with Gasteiger partial charge < -0.3 is 20.5 Å². The standard InChI is InChI=1S/C14H22N2O4S/c1-8-7-11(10(3)21-8)9(2)15-14(19)16-12(13(17)18)5-6-20-4/h7,9,12H,5-6H2,1-4H3,(H,17,18)(H2,15,16,19). The molecule has 0 aliphatic carbocycles. The van der Waals surface area contributed by atoms with E-state index in [2.05, 4.69) is 10.6 Å². The van der Waals surface area contributed by atoms with Crippen LogP contribution in [-0.2, 0) is 9.53 Å². The fraction of sp³-hybridized carbons (Fsp3) is 0.571. The highest BCUT2D eigenvalue weighted by molar-refractivity contribution is 7.12. The van der Waals surface area contributed by atoms with Gasteiger partial charge in [0.1, 0.15) is 6.04 Å². The molecule has 0 spiro atoms. The van der Waals surface area contributed by atoms with Gasteiger partial charge in [0.15, 0.2) is 0 Å². The van der Waals surface area contributed by atoms with E-state index in [0.717, 1.165) is 10.4 Å². The number of hydrogen-bond donors (Lipinski definition) is 3. The lowest BCUT2D eigenvalue weighted by molar-refractivity contribution is -0.139. The van der Waals surface area contributed by atoms with Crippen molar-refractivity contribution in [1.29, 1.82) is 0 Å². The average molecular weight is 314 g/mol. The molecule has 2 atom stereocenters. The number of carbonyl (C=O) groups is 2. The van der Waals surface area contributed by atoms with E-state index in [4.69, 9.17) is 9.84 Å². The first kappa shape index (κ1) is 17.5. The summed E-state index contributed by atoms with van der Waals surface area (Å²) in [7, 11) is 1.49. The molecule has 0 saturated heterocycles. The number of aliphatic carboxylic acids is 1. The first-order chi connectivity index (χ1) is 9.85. The van der Waals surface area contributed by atoms with Gasteiger partial charge in [0, 0.05) is 29.9 Å².